The summed E-state index contributed by atoms with van der Waals surface area (Å²) in [5.41, 5.74) is 3.47. The number of nitrogens with one attached hydrogen (secondary N) is 1. The molecule has 1 saturated heterocycles. The number of carbonyl (C=O) groups is 2. The van der Waals surface area contributed by atoms with E-state index in [-0.39, 0.29) is 5.78 Å². The molecule has 2 heterocycles. The Kier molecular flexibility index (Phi) is 10.7. The number of thiazole rings is 1. The number of aromatic nitrogens is 1. The predicted octanol–water partition coefficient (Wildman–Crippen LogP) is 4.58. The lowest BCUT2D eigenvalue weighted by Crippen LogP contribution is -2.48. The highest BCUT2D eigenvalue weighted by atomic mass is 32.2. The number of nitrogens with zero attached hydrogens (tertiary/aromatic N) is 3. The number of aryl methyl sites for hydroxylation is 1. The summed E-state index contributed by atoms with van der Waals surface area (Å²) in [4.78, 5) is 34.0. The number of hydrogen-bond acceptors (Lipinski definition) is 10. The predicted molar refractivity (Wildman–Crippen MR) is 181 cm³/mol. The number of carbonyl (C=O) groups excluding carboxylic acids is 2. The molecule has 10 nitrogen and oxygen atoms in total. The fourth-order valence-corrected chi connectivity index (χ4v) is 7.12. The van der Waals surface area contributed by atoms with E-state index in [0.717, 1.165) is 21.3 Å². The minimum Gasteiger partial charge on any atom is -0.493 e. The molecule has 46 heavy (non-hydrogen) atoms. The lowest BCUT2D eigenvalue weighted by Gasteiger charge is -2.32. The summed E-state index contributed by atoms with van der Waals surface area (Å²) < 4.78 is 36.2. The van der Waals surface area contributed by atoms with Crippen molar-refractivity contribution in [2.45, 2.75) is 25.8 Å². The van der Waals surface area contributed by atoms with Gasteiger partial charge in [-0.3, -0.25) is 4.79 Å². The molecule has 0 amide bonds. The maximum atomic E-state index is 13.2. The third kappa shape index (κ3) is 8.31. The third-order valence-corrected chi connectivity index (χ3v) is 10.2. The van der Waals surface area contributed by atoms with Crippen molar-refractivity contribution in [2.75, 3.05) is 56.4 Å². The number of hydrogen-bond donors (Lipinski definition) is 1. The summed E-state index contributed by atoms with van der Waals surface area (Å²) >= 11 is 1.62. The number of benzene rings is 3. The second-order valence-electron chi connectivity index (χ2n) is 11.1. The van der Waals surface area contributed by atoms with Gasteiger partial charge in [0.1, 0.15) is 11.8 Å². The molecule has 0 spiro atoms. The van der Waals surface area contributed by atoms with Crippen LogP contribution in [0.1, 0.15) is 32.1 Å². The van der Waals surface area contributed by atoms with Gasteiger partial charge in [-0.1, -0.05) is 54.6 Å². The zero-order chi connectivity index (χ0) is 32.7. The number of piperazine rings is 1. The second kappa shape index (κ2) is 14.9. The van der Waals surface area contributed by atoms with Crippen molar-refractivity contribution >= 4 is 43.9 Å². The molecule has 1 aromatic heterocycles. The lowest BCUT2D eigenvalue weighted by atomic mass is 10.00. The van der Waals surface area contributed by atoms with Gasteiger partial charge in [-0.25, -0.2) is 18.2 Å². The molecule has 0 aliphatic carbocycles. The van der Waals surface area contributed by atoms with E-state index in [4.69, 9.17) is 14.5 Å². The summed E-state index contributed by atoms with van der Waals surface area (Å²) in [6, 6.07) is 23.0. The van der Waals surface area contributed by atoms with Crippen LogP contribution in [0.25, 0.3) is 0 Å². The summed E-state index contributed by atoms with van der Waals surface area (Å²) in [7, 11) is -1.83. The summed E-state index contributed by atoms with van der Waals surface area (Å²) in [6.45, 7) is 4.65. The number of anilines is 2. The molecule has 1 unspecified atom stereocenters. The van der Waals surface area contributed by atoms with Crippen LogP contribution in [0, 0.1) is 6.92 Å². The maximum absolute atomic E-state index is 13.2. The monoisotopic (exact) mass is 662 g/mol. The fraction of sp³-hybridized carbons (Fsp3) is 0.324. The smallest absolute Gasteiger partial charge is 0.328 e. The molecular weight excluding hydrogens is 625 g/mol. The zero-order valence-corrected chi connectivity index (χ0v) is 27.8. The van der Waals surface area contributed by atoms with Gasteiger partial charge >= 0.3 is 5.97 Å². The van der Waals surface area contributed by atoms with Crippen molar-refractivity contribution in [1.29, 1.82) is 0 Å². The molecule has 1 aliphatic heterocycles. The third-order valence-electron chi connectivity index (χ3n) is 7.85. The van der Waals surface area contributed by atoms with Gasteiger partial charge in [0.05, 0.1) is 25.7 Å². The van der Waals surface area contributed by atoms with Crippen LogP contribution in [0.2, 0.25) is 0 Å². The Hall–Kier alpha value is -4.26. The van der Waals surface area contributed by atoms with Crippen LogP contribution in [0.5, 0.6) is 5.75 Å². The van der Waals surface area contributed by atoms with E-state index in [0.29, 0.717) is 68.2 Å². The highest BCUT2D eigenvalue weighted by Crippen LogP contribution is 2.28. The summed E-state index contributed by atoms with van der Waals surface area (Å²) in [5, 5.41) is 4.15. The Morgan fingerprint density at radius 2 is 1.63 bits per heavy atom. The molecular formula is C34H38N4O6S2. The highest BCUT2D eigenvalue weighted by Gasteiger charge is 2.26. The number of ketones is 1. The zero-order valence-electron chi connectivity index (χ0n) is 26.1. The van der Waals surface area contributed by atoms with Crippen molar-refractivity contribution in [3.63, 3.8) is 0 Å². The Bertz CT molecular complexity index is 1750. The van der Waals surface area contributed by atoms with Crippen LogP contribution in [0.3, 0.4) is 0 Å². The number of para-hydroxylation sites is 1. The van der Waals surface area contributed by atoms with E-state index in [1.165, 1.54) is 17.7 Å². The first-order valence-corrected chi connectivity index (χ1v) is 17.7. The van der Waals surface area contributed by atoms with Crippen LogP contribution in [-0.4, -0.2) is 81.7 Å². The SMILES string of the molecule is COC(=O)C(Cc1ccc(OCCc2nc(N3CCN(S(C)(=O)=O)CC3)sc2C)cc1)Nc1ccccc1C(=O)c1ccccc1. The molecule has 0 bridgehead atoms. The Morgan fingerprint density at radius 3 is 2.30 bits per heavy atom. The number of rotatable bonds is 13. The van der Waals surface area contributed by atoms with Gasteiger partial charge in [0.2, 0.25) is 10.0 Å². The topological polar surface area (TPSA) is 118 Å². The van der Waals surface area contributed by atoms with E-state index in [1.807, 2.05) is 55.5 Å². The minimum atomic E-state index is -3.18. The second-order valence-corrected chi connectivity index (χ2v) is 14.2. The molecule has 1 fully saturated rings. The standard InChI is InChI=1S/C34H38N4O6S2/c1-24-29(36-34(45-24)37-18-20-38(21-19-37)46(3,41)42)17-22-44-27-15-13-25(14-16-27)23-31(33(40)43-2)35-30-12-8-7-11-28(30)32(39)26-9-5-4-6-10-26/h4-16,31,35H,17-23H2,1-3H3. The first kappa shape index (κ1) is 33.1. The van der Waals surface area contributed by atoms with E-state index in [9.17, 15) is 18.0 Å². The Labute approximate surface area is 274 Å². The van der Waals surface area contributed by atoms with Gasteiger partial charge < -0.3 is 19.7 Å². The molecule has 0 radical (unpaired) electrons. The molecule has 3 aromatic carbocycles. The normalized spacial score (nSPS) is 14.5. The van der Waals surface area contributed by atoms with Crippen molar-refractivity contribution in [1.82, 2.24) is 9.29 Å². The van der Waals surface area contributed by atoms with E-state index >= 15 is 0 Å². The maximum Gasteiger partial charge on any atom is 0.328 e. The van der Waals surface area contributed by atoms with Crippen LogP contribution in [0.4, 0.5) is 10.8 Å². The molecule has 1 aliphatic rings. The van der Waals surface area contributed by atoms with Gasteiger partial charge in [-0.05, 0) is 36.8 Å². The molecule has 1 atom stereocenters. The number of methoxy groups -OCH3 is 1. The van der Waals surface area contributed by atoms with Gasteiger partial charge in [-0.2, -0.15) is 4.31 Å². The minimum absolute atomic E-state index is 0.134. The first-order chi connectivity index (χ1) is 22.1. The number of esters is 1. The van der Waals surface area contributed by atoms with Crippen molar-refractivity contribution in [3.05, 3.63) is 106 Å². The first-order valence-electron chi connectivity index (χ1n) is 15.0. The molecule has 5 rings (SSSR count). The molecule has 1 N–H and O–H groups in total. The van der Waals surface area contributed by atoms with E-state index < -0.39 is 22.0 Å². The van der Waals surface area contributed by atoms with Gasteiger partial charge in [0.15, 0.2) is 10.9 Å². The fourth-order valence-electron chi connectivity index (χ4n) is 5.29. The van der Waals surface area contributed by atoms with Crippen molar-refractivity contribution < 1.29 is 27.5 Å². The van der Waals surface area contributed by atoms with Crippen LogP contribution in [0.15, 0.2) is 78.9 Å². The highest BCUT2D eigenvalue weighted by molar-refractivity contribution is 7.88. The van der Waals surface area contributed by atoms with Gasteiger partial charge in [0.25, 0.3) is 0 Å². The number of ether oxygens (including phenoxy) is 2. The van der Waals surface area contributed by atoms with Crippen molar-refractivity contribution in [2.24, 2.45) is 0 Å². The molecule has 4 aromatic rings. The molecule has 0 saturated carbocycles. The summed E-state index contributed by atoms with van der Waals surface area (Å²) in [5.74, 6) is 0.137. The number of sulfonamides is 1. The van der Waals surface area contributed by atoms with Crippen LogP contribution < -0.4 is 15.0 Å². The van der Waals surface area contributed by atoms with E-state index in [2.05, 4.69) is 10.2 Å². The van der Waals surface area contributed by atoms with Crippen molar-refractivity contribution in [3.8, 4) is 5.75 Å². The Morgan fingerprint density at radius 1 is 0.957 bits per heavy atom. The molecule has 242 valence electrons. The van der Waals surface area contributed by atoms with Crippen LogP contribution in [-0.2, 0) is 32.4 Å². The van der Waals surface area contributed by atoms with Gasteiger partial charge in [0, 0.05) is 60.7 Å². The average Bonchev–Trinajstić information content (AvgIpc) is 3.44. The Balaban J connectivity index is 1.17. The molecule has 12 heteroatoms. The average molecular weight is 663 g/mol. The van der Waals surface area contributed by atoms with Gasteiger partial charge in [-0.15, -0.1) is 11.3 Å². The van der Waals surface area contributed by atoms with Crippen LogP contribution >= 0.6 is 11.3 Å². The lowest BCUT2D eigenvalue weighted by molar-refractivity contribution is -0.141. The van der Waals surface area contributed by atoms with E-state index in [1.54, 1.807) is 41.7 Å². The summed E-state index contributed by atoms with van der Waals surface area (Å²) in [6.07, 6.45) is 2.24. The largest absolute Gasteiger partial charge is 0.493 e. The quantitative estimate of drug-likeness (QED) is 0.162.